The van der Waals surface area contributed by atoms with Crippen LogP contribution in [0.15, 0.2) is 41.2 Å². The van der Waals surface area contributed by atoms with E-state index in [2.05, 4.69) is 15.0 Å². The van der Waals surface area contributed by atoms with Gasteiger partial charge in [-0.25, -0.2) is 4.98 Å². The molecule has 2 aromatic heterocycles. The molecular formula is C19H21N5O2S. The monoisotopic (exact) mass is 383 g/mol. The highest BCUT2D eigenvalue weighted by atomic mass is 32.1. The van der Waals surface area contributed by atoms with E-state index in [-0.39, 0.29) is 11.5 Å². The van der Waals surface area contributed by atoms with Crippen LogP contribution in [0.3, 0.4) is 0 Å². The summed E-state index contributed by atoms with van der Waals surface area (Å²) in [5.41, 5.74) is 1.36. The molecule has 8 heteroatoms. The van der Waals surface area contributed by atoms with Gasteiger partial charge in [-0.2, -0.15) is 4.52 Å². The molecular weight excluding hydrogens is 362 g/mol. The quantitative estimate of drug-likeness (QED) is 0.692. The third-order valence-electron chi connectivity index (χ3n) is 4.72. The second-order valence-electron chi connectivity index (χ2n) is 6.52. The number of nitrogens with zero attached hydrogens (tertiary/aromatic N) is 5. The van der Waals surface area contributed by atoms with Gasteiger partial charge in [0.1, 0.15) is 0 Å². The first-order valence-corrected chi connectivity index (χ1v) is 9.96. The summed E-state index contributed by atoms with van der Waals surface area (Å²) in [5.74, 6) is 0.0622. The number of hydrogen-bond acceptors (Lipinski definition) is 6. The molecule has 3 aromatic rings. The number of aromatic nitrogens is 3. The van der Waals surface area contributed by atoms with E-state index in [0.717, 1.165) is 30.2 Å². The first-order chi connectivity index (χ1) is 13.2. The molecule has 0 aliphatic carbocycles. The van der Waals surface area contributed by atoms with Crippen molar-refractivity contribution < 1.29 is 4.79 Å². The number of rotatable bonds is 3. The zero-order valence-corrected chi connectivity index (χ0v) is 16.0. The number of fused-ring (bicyclic) bond motifs is 1. The van der Waals surface area contributed by atoms with E-state index < -0.39 is 0 Å². The Kier molecular flexibility index (Phi) is 4.89. The minimum atomic E-state index is -0.143. The number of anilines is 1. The number of benzene rings is 1. The maximum atomic E-state index is 12.7. The molecule has 0 unspecified atom stereocenters. The number of carbonyl (C=O) groups excluding carboxylic acids is 1. The summed E-state index contributed by atoms with van der Waals surface area (Å²) >= 11 is 1.43. The van der Waals surface area contributed by atoms with E-state index in [0.29, 0.717) is 30.2 Å². The van der Waals surface area contributed by atoms with Gasteiger partial charge in [-0.05, 0) is 25.0 Å². The van der Waals surface area contributed by atoms with Gasteiger partial charge < -0.3 is 9.80 Å². The molecule has 0 atom stereocenters. The Morgan fingerprint density at radius 1 is 1.15 bits per heavy atom. The lowest BCUT2D eigenvalue weighted by Crippen LogP contribution is -2.35. The average molecular weight is 383 g/mol. The summed E-state index contributed by atoms with van der Waals surface area (Å²) in [6.07, 6.45) is 1.58. The highest BCUT2D eigenvalue weighted by Crippen LogP contribution is 2.23. The Morgan fingerprint density at radius 2 is 1.96 bits per heavy atom. The lowest BCUT2D eigenvalue weighted by molar-refractivity contribution is 0.0767. The van der Waals surface area contributed by atoms with Crippen LogP contribution in [-0.4, -0.2) is 51.6 Å². The predicted octanol–water partition coefficient (Wildman–Crippen LogP) is 2.07. The number of carbonyl (C=O) groups is 1. The fourth-order valence-electron chi connectivity index (χ4n) is 3.23. The standard InChI is InChI=1S/C19H21N5O2S/c1-2-15-13-16(25)24-18(20-15)27-19(21-24)23-10-6-9-22(11-12-23)17(26)14-7-4-3-5-8-14/h3-5,7-8,13H,2,6,9-12H2,1H3. The largest absolute Gasteiger partial charge is 0.345 e. The molecule has 1 saturated heterocycles. The maximum absolute atomic E-state index is 12.7. The predicted molar refractivity (Wildman–Crippen MR) is 106 cm³/mol. The number of hydrogen-bond donors (Lipinski definition) is 0. The van der Waals surface area contributed by atoms with Gasteiger partial charge in [-0.3, -0.25) is 9.59 Å². The molecule has 27 heavy (non-hydrogen) atoms. The highest BCUT2D eigenvalue weighted by Gasteiger charge is 2.22. The van der Waals surface area contributed by atoms with Crippen molar-refractivity contribution in [3.05, 3.63) is 58.0 Å². The molecule has 0 spiro atoms. The highest BCUT2D eigenvalue weighted by molar-refractivity contribution is 7.20. The Bertz CT molecular complexity index is 1010. The van der Waals surface area contributed by atoms with Crippen LogP contribution in [0.4, 0.5) is 5.13 Å². The van der Waals surface area contributed by atoms with Gasteiger partial charge in [-0.15, -0.1) is 5.10 Å². The van der Waals surface area contributed by atoms with E-state index in [1.807, 2.05) is 42.2 Å². The SMILES string of the molecule is CCc1cc(=O)n2nc(N3CCCN(C(=O)c4ccccc4)CC3)sc2n1. The lowest BCUT2D eigenvalue weighted by atomic mass is 10.2. The Balaban J connectivity index is 1.53. The molecule has 3 heterocycles. The number of amides is 1. The molecule has 140 valence electrons. The van der Waals surface area contributed by atoms with Crippen molar-refractivity contribution in [2.24, 2.45) is 0 Å². The van der Waals surface area contributed by atoms with Crippen LogP contribution in [0.1, 0.15) is 29.4 Å². The minimum Gasteiger partial charge on any atom is -0.345 e. The molecule has 1 amide bonds. The van der Waals surface area contributed by atoms with Crippen LogP contribution >= 0.6 is 11.3 Å². The van der Waals surface area contributed by atoms with Crippen LogP contribution in [0.25, 0.3) is 4.96 Å². The van der Waals surface area contributed by atoms with E-state index in [1.54, 1.807) is 6.07 Å². The maximum Gasteiger partial charge on any atom is 0.275 e. The Labute approximate surface area is 160 Å². The fourth-order valence-corrected chi connectivity index (χ4v) is 4.21. The van der Waals surface area contributed by atoms with E-state index in [1.165, 1.54) is 15.9 Å². The van der Waals surface area contributed by atoms with Crippen molar-refractivity contribution in [2.75, 3.05) is 31.1 Å². The number of aryl methyl sites for hydroxylation is 1. The van der Waals surface area contributed by atoms with Crippen molar-refractivity contribution in [1.29, 1.82) is 0 Å². The van der Waals surface area contributed by atoms with Crippen molar-refractivity contribution >= 4 is 27.3 Å². The van der Waals surface area contributed by atoms with Gasteiger partial charge in [0.15, 0.2) is 0 Å². The summed E-state index contributed by atoms with van der Waals surface area (Å²) in [6.45, 7) is 4.81. The van der Waals surface area contributed by atoms with Crippen LogP contribution < -0.4 is 10.5 Å². The molecule has 1 fully saturated rings. The third-order valence-corrected chi connectivity index (χ3v) is 5.69. The molecule has 7 nitrogen and oxygen atoms in total. The molecule has 4 rings (SSSR count). The lowest BCUT2D eigenvalue weighted by Gasteiger charge is -2.21. The molecule has 1 aliphatic rings. The van der Waals surface area contributed by atoms with Crippen molar-refractivity contribution in [1.82, 2.24) is 19.5 Å². The van der Waals surface area contributed by atoms with Gasteiger partial charge in [0.25, 0.3) is 11.5 Å². The van der Waals surface area contributed by atoms with Gasteiger partial charge in [0, 0.05) is 43.5 Å². The Hall–Kier alpha value is -2.74. The summed E-state index contributed by atoms with van der Waals surface area (Å²) in [6, 6.07) is 10.9. The fraction of sp³-hybridized carbons (Fsp3) is 0.368. The second-order valence-corrected chi connectivity index (χ2v) is 7.45. The molecule has 1 aromatic carbocycles. The third kappa shape index (κ3) is 3.57. The van der Waals surface area contributed by atoms with Crippen LogP contribution in [0.2, 0.25) is 0 Å². The van der Waals surface area contributed by atoms with Crippen molar-refractivity contribution in [3.63, 3.8) is 0 Å². The van der Waals surface area contributed by atoms with Gasteiger partial charge >= 0.3 is 0 Å². The second kappa shape index (κ2) is 7.48. The first-order valence-electron chi connectivity index (χ1n) is 9.15. The van der Waals surface area contributed by atoms with Crippen LogP contribution in [-0.2, 0) is 6.42 Å². The topological polar surface area (TPSA) is 70.8 Å². The van der Waals surface area contributed by atoms with Gasteiger partial charge in [0.2, 0.25) is 10.1 Å². The minimum absolute atomic E-state index is 0.0622. The average Bonchev–Trinajstić information content (AvgIpc) is 2.98. The zero-order valence-electron chi connectivity index (χ0n) is 15.2. The van der Waals surface area contributed by atoms with Crippen molar-refractivity contribution in [3.8, 4) is 0 Å². The summed E-state index contributed by atoms with van der Waals surface area (Å²) in [7, 11) is 0. The molecule has 1 aliphatic heterocycles. The van der Waals surface area contributed by atoms with Gasteiger partial charge in [-0.1, -0.05) is 36.5 Å². The Morgan fingerprint density at radius 3 is 2.74 bits per heavy atom. The zero-order chi connectivity index (χ0) is 18.8. The first kappa shape index (κ1) is 17.7. The molecule has 0 saturated carbocycles. The normalized spacial score (nSPS) is 15.1. The molecule has 0 radical (unpaired) electrons. The van der Waals surface area contributed by atoms with Crippen molar-refractivity contribution in [2.45, 2.75) is 19.8 Å². The molecule has 0 bridgehead atoms. The summed E-state index contributed by atoms with van der Waals surface area (Å²) < 4.78 is 1.37. The summed E-state index contributed by atoms with van der Waals surface area (Å²) in [5, 5.41) is 5.24. The van der Waals surface area contributed by atoms with E-state index in [9.17, 15) is 9.59 Å². The van der Waals surface area contributed by atoms with Crippen LogP contribution in [0.5, 0.6) is 0 Å². The van der Waals surface area contributed by atoms with E-state index in [4.69, 9.17) is 0 Å². The van der Waals surface area contributed by atoms with Gasteiger partial charge in [0.05, 0.1) is 0 Å². The molecule has 0 N–H and O–H groups in total. The van der Waals surface area contributed by atoms with Crippen LogP contribution in [0, 0.1) is 0 Å². The smallest absolute Gasteiger partial charge is 0.275 e. The summed E-state index contributed by atoms with van der Waals surface area (Å²) in [4.78, 5) is 34.1. The van der Waals surface area contributed by atoms with E-state index >= 15 is 0 Å².